The third kappa shape index (κ3) is 4.81. The lowest BCUT2D eigenvalue weighted by Crippen LogP contribution is -2.36. The van der Waals surface area contributed by atoms with Crippen LogP contribution in [0.5, 0.6) is 0 Å². The second-order valence-electron chi connectivity index (χ2n) is 7.16. The first-order valence-electron chi connectivity index (χ1n) is 9.57. The Labute approximate surface area is 155 Å². The predicted molar refractivity (Wildman–Crippen MR) is 104 cm³/mol. The van der Waals surface area contributed by atoms with Crippen LogP contribution in [-0.2, 0) is 6.42 Å². The van der Waals surface area contributed by atoms with E-state index in [9.17, 15) is 4.79 Å². The van der Waals surface area contributed by atoms with Crippen molar-refractivity contribution in [1.82, 2.24) is 15.3 Å². The molecule has 1 aliphatic heterocycles. The zero-order valence-electron chi connectivity index (χ0n) is 15.7. The molecule has 3 rings (SSSR count). The number of amides is 1. The summed E-state index contributed by atoms with van der Waals surface area (Å²) in [6, 6.07) is 12.7. The smallest absolute Gasteiger partial charge is 0.270 e. The number of carbonyl (C=O) groups is 1. The molecule has 1 unspecified atom stereocenters. The van der Waals surface area contributed by atoms with Gasteiger partial charge in [0.05, 0.1) is 0 Å². The summed E-state index contributed by atoms with van der Waals surface area (Å²) in [5.74, 6) is 1.44. The molecule has 1 aliphatic rings. The Morgan fingerprint density at radius 2 is 1.96 bits per heavy atom. The largest absolute Gasteiger partial charge is 0.356 e. The summed E-state index contributed by atoms with van der Waals surface area (Å²) in [4.78, 5) is 23.1. The molecule has 0 saturated carbocycles. The summed E-state index contributed by atoms with van der Waals surface area (Å²) in [5, 5.41) is 2.96. The fourth-order valence-electron chi connectivity index (χ4n) is 3.36. The average Bonchev–Trinajstić information content (AvgIpc) is 2.69. The van der Waals surface area contributed by atoms with E-state index in [1.807, 2.05) is 13.0 Å². The first kappa shape index (κ1) is 18.4. The van der Waals surface area contributed by atoms with Gasteiger partial charge in [-0.3, -0.25) is 4.79 Å². The molecule has 0 radical (unpaired) electrons. The number of aromatic nitrogens is 2. The standard InChI is InChI=1S/C21H28N4O/c1-3-16(2)24-21(26)19-14-20(23-15-22-19)25-11-9-18(10-12-25)13-17-7-5-4-6-8-17/h4-8,14-16,18H,3,9-13H2,1-2H3,(H,24,26). The Balaban J connectivity index is 1.57. The van der Waals surface area contributed by atoms with E-state index in [0.29, 0.717) is 11.6 Å². The van der Waals surface area contributed by atoms with E-state index >= 15 is 0 Å². The van der Waals surface area contributed by atoms with Crippen LogP contribution < -0.4 is 10.2 Å². The molecule has 1 amide bonds. The van der Waals surface area contributed by atoms with Gasteiger partial charge in [0.2, 0.25) is 0 Å². The zero-order chi connectivity index (χ0) is 18.4. The van der Waals surface area contributed by atoms with Crippen molar-refractivity contribution in [1.29, 1.82) is 0 Å². The van der Waals surface area contributed by atoms with Crippen molar-refractivity contribution in [3.05, 3.63) is 54.0 Å². The second-order valence-corrected chi connectivity index (χ2v) is 7.16. The molecular formula is C21H28N4O. The predicted octanol–water partition coefficient (Wildman–Crippen LogP) is 3.46. The topological polar surface area (TPSA) is 58.1 Å². The molecule has 1 aromatic carbocycles. The van der Waals surface area contributed by atoms with Crippen molar-refractivity contribution in [3.63, 3.8) is 0 Å². The average molecular weight is 352 g/mol. The lowest BCUT2D eigenvalue weighted by Gasteiger charge is -2.33. The molecule has 1 saturated heterocycles. The van der Waals surface area contributed by atoms with Crippen molar-refractivity contribution in [2.24, 2.45) is 5.92 Å². The maximum Gasteiger partial charge on any atom is 0.270 e. The minimum absolute atomic E-state index is 0.123. The monoisotopic (exact) mass is 352 g/mol. The van der Waals surface area contributed by atoms with Crippen LogP contribution >= 0.6 is 0 Å². The Hall–Kier alpha value is -2.43. The molecule has 138 valence electrons. The van der Waals surface area contributed by atoms with Gasteiger partial charge in [-0.05, 0) is 44.1 Å². The fraction of sp³-hybridized carbons (Fsp3) is 0.476. The molecular weight excluding hydrogens is 324 g/mol. The van der Waals surface area contributed by atoms with Gasteiger partial charge in [-0.2, -0.15) is 0 Å². The van der Waals surface area contributed by atoms with Gasteiger partial charge in [0.1, 0.15) is 17.8 Å². The van der Waals surface area contributed by atoms with Crippen molar-refractivity contribution < 1.29 is 4.79 Å². The number of hydrogen-bond donors (Lipinski definition) is 1. The number of piperidine rings is 1. The lowest BCUT2D eigenvalue weighted by molar-refractivity contribution is 0.0934. The number of nitrogens with zero attached hydrogens (tertiary/aromatic N) is 3. The van der Waals surface area contributed by atoms with Crippen LogP contribution in [0.2, 0.25) is 0 Å². The van der Waals surface area contributed by atoms with Gasteiger partial charge in [-0.15, -0.1) is 0 Å². The van der Waals surface area contributed by atoms with Crippen molar-refractivity contribution in [2.75, 3.05) is 18.0 Å². The molecule has 0 aliphatic carbocycles. The third-order valence-electron chi connectivity index (χ3n) is 5.18. The summed E-state index contributed by atoms with van der Waals surface area (Å²) >= 11 is 0. The molecule has 2 heterocycles. The normalized spacial score (nSPS) is 16.3. The van der Waals surface area contributed by atoms with Crippen LogP contribution in [0, 0.1) is 5.92 Å². The Morgan fingerprint density at radius 3 is 2.65 bits per heavy atom. The minimum Gasteiger partial charge on any atom is -0.356 e. The van der Waals surface area contributed by atoms with Crippen molar-refractivity contribution in [2.45, 2.75) is 45.6 Å². The van der Waals surface area contributed by atoms with Crippen LogP contribution in [0.3, 0.4) is 0 Å². The first-order valence-corrected chi connectivity index (χ1v) is 9.57. The highest BCUT2D eigenvalue weighted by Gasteiger charge is 2.21. The van der Waals surface area contributed by atoms with Gasteiger partial charge in [0.15, 0.2) is 0 Å². The maximum absolute atomic E-state index is 12.3. The van der Waals surface area contributed by atoms with Gasteiger partial charge >= 0.3 is 0 Å². The minimum atomic E-state index is -0.123. The number of benzene rings is 1. The number of carbonyl (C=O) groups excluding carboxylic acids is 1. The van der Waals surface area contributed by atoms with Crippen LogP contribution in [-0.4, -0.2) is 35.0 Å². The highest BCUT2D eigenvalue weighted by atomic mass is 16.1. The zero-order valence-corrected chi connectivity index (χ0v) is 15.7. The maximum atomic E-state index is 12.3. The summed E-state index contributed by atoms with van der Waals surface area (Å²) < 4.78 is 0. The number of nitrogens with one attached hydrogen (secondary N) is 1. The molecule has 0 spiro atoms. The second kappa shape index (κ2) is 8.79. The molecule has 5 heteroatoms. The molecule has 1 N–H and O–H groups in total. The van der Waals surface area contributed by atoms with Gasteiger partial charge < -0.3 is 10.2 Å². The molecule has 0 bridgehead atoms. The van der Waals surface area contributed by atoms with E-state index in [4.69, 9.17) is 0 Å². The molecule has 5 nitrogen and oxygen atoms in total. The summed E-state index contributed by atoms with van der Waals surface area (Å²) in [6.45, 7) is 6.00. The SMILES string of the molecule is CCC(C)NC(=O)c1cc(N2CCC(Cc3ccccc3)CC2)ncn1. The van der Waals surface area contributed by atoms with Crippen molar-refractivity contribution >= 4 is 11.7 Å². The third-order valence-corrected chi connectivity index (χ3v) is 5.18. The highest BCUT2D eigenvalue weighted by Crippen LogP contribution is 2.24. The number of hydrogen-bond acceptors (Lipinski definition) is 4. The first-order chi connectivity index (χ1) is 12.7. The van der Waals surface area contributed by atoms with E-state index in [0.717, 1.165) is 44.6 Å². The fourth-order valence-corrected chi connectivity index (χ4v) is 3.36. The van der Waals surface area contributed by atoms with E-state index in [1.54, 1.807) is 0 Å². The van der Waals surface area contributed by atoms with Crippen LogP contribution in [0.1, 0.15) is 49.2 Å². The molecule has 2 aromatic rings. The molecule has 26 heavy (non-hydrogen) atoms. The van der Waals surface area contributed by atoms with Crippen LogP contribution in [0.25, 0.3) is 0 Å². The Bertz CT molecular complexity index is 711. The van der Waals surface area contributed by atoms with Crippen molar-refractivity contribution in [3.8, 4) is 0 Å². The number of rotatable bonds is 6. The van der Waals surface area contributed by atoms with Gasteiger partial charge in [-0.1, -0.05) is 37.3 Å². The van der Waals surface area contributed by atoms with E-state index in [1.165, 1.54) is 11.9 Å². The van der Waals surface area contributed by atoms with Gasteiger partial charge in [0, 0.05) is 25.2 Å². The lowest BCUT2D eigenvalue weighted by atomic mass is 9.90. The summed E-state index contributed by atoms with van der Waals surface area (Å²) in [6.07, 6.45) is 5.83. The quantitative estimate of drug-likeness (QED) is 0.865. The molecule has 1 aromatic heterocycles. The Morgan fingerprint density at radius 1 is 1.23 bits per heavy atom. The van der Waals surface area contributed by atoms with Crippen LogP contribution in [0.4, 0.5) is 5.82 Å². The molecule has 1 fully saturated rings. The molecule has 1 atom stereocenters. The summed E-state index contributed by atoms with van der Waals surface area (Å²) in [7, 11) is 0. The van der Waals surface area contributed by atoms with Gasteiger partial charge in [-0.25, -0.2) is 9.97 Å². The Kier molecular flexibility index (Phi) is 6.21. The van der Waals surface area contributed by atoms with Crippen LogP contribution in [0.15, 0.2) is 42.7 Å². The highest BCUT2D eigenvalue weighted by molar-refractivity contribution is 5.93. The summed E-state index contributed by atoms with van der Waals surface area (Å²) in [5.41, 5.74) is 1.86. The van der Waals surface area contributed by atoms with Gasteiger partial charge in [0.25, 0.3) is 5.91 Å². The van der Waals surface area contributed by atoms with E-state index in [-0.39, 0.29) is 11.9 Å². The van der Waals surface area contributed by atoms with E-state index < -0.39 is 0 Å². The number of anilines is 1. The van der Waals surface area contributed by atoms with E-state index in [2.05, 4.69) is 57.4 Å².